The maximum absolute atomic E-state index is 12.0. The van der Waals surface area contributed by atoms with Crippen LogP contribution in [-0.2, 0) is 11.3 Å². The topological polar surface area (TPSA) is 42.7 Å². The SMILES string of the molecule is O=C(OCc1ccccc1)N1CCC(c2ccco2)C1. The molecule has 0 N–H and O–H groups in total. The van der Waals surface area contributed by atoms with Crippen LogP contribution >= 0.6 is 0 Å². The molecule has 1 fully saturated rings. The van der Waals surface area contributed by atoms with E-state index in [4.69, 9.17) is 9.15 Å². The second-order valence-electron chi connectivity index (χ2n) is 4.99. The first-order chi connectivity index (χ1) is 9.83. The number of likely N-dealkylation sites (tertiary alicyclic amines) is 1. The van der Waals surface area contributed by atoms with Crippen LogP contribution in [0.25, 0.3) is 0 Å². The number of amides is 1. The Morgan fingerprint density at radius 3 is 2.85 bits per heavy atom. The van der Waals surface area contributed by atoms with Crippen molar-refractivity contribution >= 4 is 6.09 Å². The van der Waals surface area contributed by atoms with Gasteiger partial charge in [-0.2, -0.15) is 0 Å². The Morgan fingerprint density at radius 1 is 1.25 bits per heavy atom. The molecule has 104 valence electrons. The zero-order chi connectivity index (χ0) is 13.8. The van der Waals surface area contributed by atoms with Crippen LogP contribution in [0, 0.1) is 0 Å². The lowest BCUT2D eigenvalue weighted by Crippen LogP contribution is -2.29. The van der Waals surface area contributed by atoms with Crippen molar-refractivity contribution in [1.82, 2.24) is 4.90 Å². The van der Waals surface area contributed by atoms with Gasteiger partial charge in [-0.05, 0) is 24.1 Å². The highest BCUT2D eigenvalue weighted by Gasteiger charge is 2.29. The minimum atomic E-state index is -0.247. The summed E-state index contributed by atoms with van der Waals surface area (Å²) in [5, 5.41) is 0. The Bertz CT molecular complexity index is 550. The van der Waals surface area contributed by atoms with E-state index in [1.165, 1.54) is 0 Å². The molecular weight excluding hydrogens is 254 g/mol. The Kier molecular flexibility index (Phi) is 3.72. The molecule has 2 aromatic rings. The van der Waals surface area contributed by atoms with E-state index in [1.54, 1.807) is 11.2 Å². The molecular formula is C16H17NO3. The molecule has 0 bridgehead atoms. The Balaban J connectivity index is 1.51. The molecule has 1 amide bonds. The molecule has 1 aromatic carbocycles. The molecule has 1 aliphatic heterocycles. The van der Waals surface area contributed by atoms with E-state index in [2.05, 4.69) is 0 Å². The summed E-state index contributed by atoms with van der Waals surface area (Å²) in [6.07, 6.45) is 2.35. The minimum Gasteiger partial charge on any atom is -0.469 e. The van der Waals surface area contributed by atoms with Crippen molar-refractivity contribution < 1.29 is 13.9 Å². The van der Waals surface area contributed by atoms with Crippen molar-refractivity contribution in [2.24, 2.45) is 0 Å². The van der Waals surface area contributed by atoms with Gasteiger partial charge in [-0.3, -0.25) is 0 Å². The van der Waals surface area contributed by atoms with Crippen molar-refractivity contribution in [3.05, 3.63) is 60.1 Å². The first-order valence-electron chi connectivity index (χ1n) is 6.82. The number of carbonyl (C=O) groups is 1. The van der Waals surface area contributed by atoms with Gasteiger partial charge in [0.1, 0.15) is 12.4 Å². The lowest BCUT2D eigenvalue weighted by molar-refractivity contribution is 0.104. The largest absolute Gasteiger partial charge is 0.469 e. The fourth-order valence-electron chi connectivity index (χ4n) is 2.49. The normalized spacial score (nSPS) is 18.2. The Hall–Kier alpha value is -2.23. The van der Waals surface area contributed by atoms with E-state index in [0.717, 1.165) is 24.3 Å². The fraction of sp³-hybridized carbons (Fsp3) is 0.312. The van der Waals surface area contributed by atoms with E-state index in [1.807, 2.05) is 42.5 Å². The van der Waals surface area contributed by atoms with Crippen LogP contribution in [0.2, 0.25) is 0 Å². The average Bonchev–Trinajstić information content (AvgIpc) is 3.16. The summed E-state index contributed by atoms with van der Waals surface area (Å²) in [6.45, 7) is 1.71. The van der Waals surface area contributed by atoms with Gasteiger partial charge in [0, 0.05) is 19.0 Å². The van der Waals surface area contributed by atoms with Crippen LogP contribution in [0.15, 0.2) is 53.1 Å². The number of rotatable bonds is 3. The van der Waals surface area contributed by atoms with Crippen molar-refractivity contribution in [2.75, 3.05) is 13.1 Å². The molecule has 1 unspecified atom stereocenters. The van der Waals surface area contributed by atoms with Gasteiger partial charge in [-0.15, -0.1) is 0 Å². The van der Waals surface area contributed by atoms with Gasteiger partial charge in [0.2, 0.25) is 0 Å². The van der Waals surface area contributed by atoms with Gasteiger partial charge >= 0.3 is 6.09 Å². The molecule has 1 saturated heterocycles. The number of furan rings is 1. The molecule has 1 aliphatic rings. The van der Waals surface area contributed by atoms with Crippen molar-refractivity contribution in [3.8, 4) is 0 Å². The van der Waals surface area contributed by atoms with Gasteiger partial charge in [0.15, 0.2) is 0 Å². The molecule has 2 heterocycles. The van der Waals surface area contributed by atoms with Crippen molar-refractivity contribution in [3.63, 3.8) is 0 Å². The molecule has 0 spiro atoms. The van der Waals surface area contributed by atoms with Crippen LogP contribution in [0.5, 0.6) is 0 Å². The Labute approximate surface area is 118 Å². The molecule has 4 nitrogen and oxygen atoms in total. The second kappa shape index (κ2) is 5.82. The molecule has 1 atom stereocenters. The quantitative estimate of drug-likeness (QED) is 0.859. The van der Waals surface area contributed by atoms with Crippen LogP contribution in [0.3, 0.4) is 0 Å². The van der Waals surface area contributed by atoms with E-state index in [9.17, 15) is 4.79 Å². The van der Waals surface area contributed by atoms with Crippen molar-refractivity contribution in [1.29, 1.82) is 0 Å². The molecule has 1 aromatic heterocycles. The summed E-state index contributed by atoms with van der Waals surface area (Å²) in [7, 11) is 0. The van der Waals surface area contributed by atoms with Crippen LogP contribution in [0.1, 0.15) is 23.7 Å². The van der Waals surface area contributed by atoms with Crippen LogP contribution in [-0.4, -0.2) is 24.1 Å². The summed E-state index contributed by atoms with van der Waals surface area (Å²) in [5.41, 5.74) is 1.00. The first-order valence-corrected chi connectivity index (χ1v) is 6.82. The highest BCUT2D eigenvalue weighted by atomic mass is 16.6. The standard InChI is InChI=1S/C16H17NO3/c18-16(20-12-13-5-2-1-3-6-13)17-9-8-14(11-17)15-7-4-10-19-15/h1-7,10,14H,8-9,11-12H2. The number of ether oxygens (including phenoxy) is 1. The van der Waals surface area contributed by atoms with Gasteiger partial charge in [0.05, 0.1) is 6.26 Å². The van der Waals surface area contributed by atoms with Gasteiger partial charge < -0.3 is 14.1 Å². The van der Waals surface area contributed by atoms with Crippen LogP contribution in [0.4, 0.5) is 4.79 Å². The summed E-state index contributed by atoms with van der Waals surface area (Å²) in [6, 6.07) is 13.6. The zero-order valence-electron chi connectivity index (χ0n) is 11.2. The number of carbonyl (C=O) groups excluding carboxylic acids is 1. The number of hydrogen-bond acceptors (Lipinski definition) is 3. The third kappa shape index (κ3) is 2.85. The monoisotopic (exact) mass is 271 g/mol. The highest BCUT2D eigenvalue weighted by Crippen LogP contribution is 2.27. The van der Waals surface area contributed by atoms with Gasteiger partial charge in [-0.1, -0.05) is 30.3 Å². The summed E-state index contributed by atoms with van der Waals surface area (Å²) in [4.78, 5) is 13.8. The van der Waals surface area contributed by atoms with Gasteiger partial charge in [-0.25, -0.2) is 4.79 Å². The fourth-order valence-corrected chi connectivity index (χ4v) is 2.49. The van der Waals surface area contributed by atoms with E-state index >= 15 is 0 Å². The third-order valence-electron chi connectivity index (χ3n) is 3.60. The van der Waals surface area contributed by atoms with E-state index in [0.29, 0.717) is 13.2 Å². The summed E-state index contributed by atoms with van der Waals surface area (Å²) >= 11 is 0. The average molecular weight is 271 g/mol. The predicted molar refractivity (Wildman–Crippen MR) is 74.3 cm³/mol. The molecule has 20 heavy (non-hydrogen) atoms. The first kappa shape index (κ1) is 12.8. The van der Waals surface area contributed by atoms with Gasteiger partial charge in [0.25, 0.3) is 0 Å². The lowest BCUT2D eigenvalue weighted by atomic mass is 10.1. The molecule has 4 heteroatoms. The lowest BCUT2D eigenvalue weighted by Gasteiger charge is -2.16. The van der Waals surface area contributed by atoms with E-state index in [-0.39, 0.29) is 12.0 Å². The number of hydrogen-bond donors (Lipinski definition) is 0. The second-order valence-corrected chi connectivity index (χ2v) is 4.99. The van der Waals surface area contributed by atoms with E-state index < -0.39 is 0 Å². The Morgan fingerprint density at radius 2 is 2.10 bits per heavy atom. The molecule has 3 rings (SSSR count). The molecule has 0 saturated carbocycles. The maximum atomic E-state index is 12.0. The summed E-state index contributed by atoms with van der Waals surface area (Å²) < 4.78 is 10.7. The third-order valence-corrected chi connectivity index (χ3v) is 3.60. The number of benzene rings is 1. The minimum absolute atomic E-state index is 0.247. The van der Waals surface area contributed by atoms with Crippen LogP contribution < -0.4 is 0 Å². The smallest absolute Gasteiger partial charge is 0.410 e. The molecule has 0 aliphatic carbocycles. The summed E-state index contributed by atoms with van der Waals surface area (Å²) in [5.74, 6) is 1.23. The zero-order valence-corrected chi connectivity index (χ0v) is 11.2. The predicted octanol–water partition coefficient (Wildman–Crippen LogP) is 3.41. The molecule has 0 radical (unpaired) electrons. The number of nitrogens with zero attached hydrogens (tertiary/aromatic N) is 1. The maximum Gasteiger partial charge on any atom is 0.410 e. The highest BCUT2D eigenvalue weighted by molar-refractivity contribution is 5.68. The van der Waals surface area contributed by atoms with Crippen molar-refractivity contribution in [2.45, 2.75) is 18.9 Å².